The first-order valence-corrected chi connectivity index (χ1v) is 7.39. The lowest BCUT2D eigenvalue weighted by molar-refractivity contribution is -0.121. The van der Waals surface area contributed by atoms with Gasteiger partial charge in [0.1, 0.15) is 11.6 Å². The Bertz CT molecular complexity index is 636. The lowest BCUT2D eigenvalue weighted by atomic mass is 10.1. The summed E-state index contributed by atoms with van der Waals surface area (Å²) in [7, 11) is 0. The number of halogens is 2. The highest BCUT2D eigenvalue weighted by atomic mass is 79.9. The van der Waals surface area contributed by atoms with E-state index in [-0.39, 0.29) is 18.3 Å². The maximum absolute atomic E-state index is 13.5. The minimum absolute atomic E-state index is 0.130. The molecule has 1 heterocycles. The quantitative estimate of drug-likeness (QED) is 0.894. The lowest BCUT2D eigenvalue weighted by Crippen LogP contribution is -2.23. The van der Waals surface area contributed by atoms with Gasteiger partial charge in [0.2, 0.25) is 5.91 Å². The number of rotatable bonds is 5. The van der Waals surface area contributed by atoms with Crippen LogP contribution in [0.1, 0.15) is 29.0 Å². The van der Waals surface area contributed by atoms with E-state index in [1.54, 1.807) is 12.1 Å². The first-order chi connectivity index (χ1) is 9.97. The first kappa shape index (κ1) is 15.7. The number of carbonyl (C=O) groups excluding carboxylic acids is 1. The van der Waals surface area contributed by atoms with Gasteiger partial charge >= 0.3 is 0 Å². The van der Waals surface area contributed by atoms with Gasteiger partial charge in [-0.1, -0.05) is 21.1 Å². The SMILES string of the molecule is Cc1noc(C)c1CCC(=O)NCc1cc(Br)ccc1F. The molecule has 0 saturated carbocycles. The number of carbonyl (C=O) groups is 1. The number of aryl methyl sites for hydroxylation is 2. The van der Waals surface area contributed by atoms with Crippen LogP contribution in [0, 0.1) is 19.7 Å². The predicted octanol–water partition coefficient (Wildman–Crippen LogP) is 3.44. The Morgan fingerprint density at radius 2 is 2.19 bits per heavy atom. The van der Waals surface area contributed by atoms with E-state index in [1.807, 2.05) is 13.8 Å². The van der Waals surface area contributed by atoms with Crippen LogP contribution in [0.5, 0.6) is 0 Å². The van der Waals surface area contributed by atoms with E-state index < -0.39 is 0 Å². The Morgan fingerprint density at radius 3 is 2.86 bits per heavy atom. The van der Waals surface area contributed by atoms with Crippen molar-refractivity contribution in [1.29, 1.82) is 0 Å². The standard InChI is InChI=1S/C15H16BrFN2O2/c1-9-13(10(2)21-19-9)4-6-15(20)18-8-11-7-12(16)3-5-14(11)17/h3,5,7H,4,6,8H2,1-2H3,(H,18,20). The molecule has 0 unspecified atom stereocenters. The average Bonchev–Trinajstić information content (AvgIpc) is 2.77. The molecule has 6 heteroatoms. The molecule has 112 valence electrons. The molecule has 0 aliphatic carbocycles. The van der Waals surface area contributed by atoms with Gasteiger partial charge in [-0.05, 0) is 38.5 Å². The zero-order chi connectivity index (χ0) is 15.4. The second kappa shape index (κ2) is 6.85. The fourth-order valence-corrected chi connectivity index (χ4v) is 2.47. The minimum atomic E-state index is -0.329. The Morgan fingerprint density at radius 1 is 1.43 bits per heavy atom. The molecule has 4 nitrogen and oxygen atoms in total. The number of nitrogens with zero attached hydrogens (tertiary/aromatic N) is 1. The molecular weight excluding hydrogens is 339 g/mol. The van der Waals surface area contributed by atoms with Crippen LogP contribution in [0.25, 0.3) is 0 Å². The summed E-state index contributed by atoms with van der Waals surface area (Å²) >= 11 is 3.28. The van der Waals surface area contributed by atoms with Crippen LogP contribution in [0.15, 0.2) is 27.2 Å². The molecule has 1 amide bonds. The summed E-state index contributed by atoms with van der Waals surface area (Å²) < 4.78 is 19.4. The van der Waals surface area contributed by atoms with Crippen LogP contribution >= 0.6 is 15.9 Å². The Balaban J connectivity index is 1.87. The van der Waals surface area contributed by atoms with E-state index in [2.05, 4.69) is 26.4 Å². The number of aromatic nitrogens is 1. The highest BCUT2D eigenvalue weighted by molar-refractivity contribution is 9.10. The van der Waals surface area contributed by atoms with E-state index >= 15 is 0 Å². The number of amides is 1. The van der Waals surface area contributed by atoms with Crippen LogP contribution < -0.4 is 5.32 Å². The van der Waals surface area contributed by atoms with E-state index in [1.165, 1.54) is 6.07 Å². The molecule has 21 heavy (non-hydrogen) atoms. The fraction of sp³-hybridized carbons (Fsp3) is 0.333. The normalized spacial score (nSPS) is 10.7. The van der Waals surface area contributed by atoms with Crippen molar-refractivity contribution in [3.63, 3.8) is 0 Å². The first-order valence-electron chi connectivity index (χ1n) is 6.59. The highest BCUT2D eigenvalue weighted by Gasteiger charge is 2.11. The largest absolute Gasteiger partial charge is 0.361 e. The van der Waals surface area contributed by atoms with Crippen LogP contribution in [0.3, 0.4) is 0 Å². The van der Waals surface area contributed by atoms with Crippen molar-refractivity contribution in [2.75, 3.05) is 0 Å². The molecule has 0 bridgehead atoms. The zero-order valence-electron chi connectivity index (χ0n) is 11.9. The molecule has 0 atom stereocenters. The van der Waals surface area contributed by atoms with Gasteiger partial charge in [0.05, 0.1) is 5.69 Å². The van der Waals surface area contributed by atoms with Gasteiger partial charge in [0, 0.05) is 28.6 Å². The second-order valence-corrected chi connectivity index (χ2v) is 5.73. The average molecular weight is 355 g/mol. The summed E-state index contributed by atoms with van der Waals surface area (Å²) in [6, 6.07) is 4.65. The summed E-state index contributed by atoms with van der Waals surface area (Å²) in [5.41, 5.74) is 2.21. The predicted molar refractivity (Wildman–Crippen MR) is 80.2 cm³/mol. The van der Waals surface area contributed by atoms with Crippen molar-refractivity contribution in [2.45, 2.75) is 33.2 Å². The van der Waals surface area contributed by atoms with Crippen molar-refractivity contribution in [2.24, 2.45) is 0 Å². The summed E-state index contributed by atoms with van der Waals surface area (Å²) in [5.74, 6) is 0.275. The molecule has 0 aliphatic rings. The van der Waals surface area contributed by atoms with Gasteiger partial charge in [-0.2, -0.15) is 0 Å². The third-order valence-corrected chi connectivity index (χ3v) is 3.76. The van der Waals surface area contributed by atoms with Gasteiger partial charge in [0.15, 0.2) is 0 Å². The van der Waals surface area contributed by atoms with Crippen LogP contribution in [0.2, 0.25) is 0 Å². The smallest absolute Gasteiger partial charge is 0.220 e. The molecule has 2 aromatic rings. The molecule has 1 N–H and O–H groups in total. The molecule has 1 aromatic carbocycles. The lowest BCUT2D eigenvalue weighted by Gasteiger charge is -2.07. The molecular formula is C15H16BrFN2O2. The van der Waals surface area contributed by atoms with Crippen LogP contribution in [-0.2, 0) is 17.8 Å². The third kappa shape index (κ3) is 4.14. The van der Waals surface area contributed by atoms with Crippen molar-refractivity contribution >= 4 is 21.8 Å². The summed E-state index contributed by atoms with van der Waals surface area (Å²) in [4.78, 5) is 11.8. The molecule has 0 aliphatic heterocycles. The monoisotopic (exact) mass is 354 g/mol. The van der Waals surface area contributed by atoms with Gasteiger partial charge < -0.3 is 9.84 Å². The van der Waals surface area contributed by atoms with Gasteiger partial charge in [-0.25, -0.2) is 4.39 Å². The van der Waals surface area contributed by atoms with E-state index in [0.29, 0.717) is 18.4 Å². The van der Waals surface area contributed by atoms with Crippen molar-refractivity contribution < 1.29 is 13.7 Å². The fourth-order valence-electron chi connectivity index (χ4n) is 2.06. The third-order valence-electron chi connectivity index (χ3n) is 3.27. The Labute approximate surface area is 130 Å². The number of hydrogen-bond acceptors (Lipinski definition) is 3. The minimum Gasteiger partial charge on any atom is -0.361 e. The summed E-state index contributed by atoms with van der Waals surface area (Å²) in [6.07, 6.45) is 0.881. The number of benzene rings is 1. The van der Waals surface area contributed by atoms with Crippen LogP contribution in [0.4, 0.5) is 4.39 Å². The summed E-state index contributed by atoms with van der Waals surface area (Å²) in [6.45, 7) is 3.84. The zero-order valence-corrected chi connectivity index (χ0v) is 13.5. The van der Waals surface area contributed by atoms with Crippen molar-refractivity contribution in [3.8, 4) is 0 Å². The van der Waals surface area contributed by atoms with Crippen LogP contribution in [-0.4, -0.2) is 11.1 Å². The van der Waals surface area contributed by atoms with E-state index in [0.717, 1.165) is 21.5 Å². The number of hydrogen-bond donors (Lipinski definition) is 1. The maximum atomic E-state index is 13.5. The molecule has 0 fully saturated rings. The van der Waals surface area contributed by atoms with E-state index in [9.17, 15) is 9.18 Å². The Kier molecular flexibility index (Phi) is 5.12. The molecule has 0 radical (unpaired) electrons. The van der Waals surface area contributed by atoms with E-state index in [4.69, 9.17) is 4.52 Å². The maximum Gasteiger partial charge on any atom is 0.220 e. The molecule has 2 rings (SSSR count). The van der Waals surface area contributed by atoms with Crippen molar-refractivity contribution in [3.05, 3.63) is 51.1 Å². The molecule has 1 aromatic heterocycles. The van der Waals surface area contributed by atoms with Gasteiger partial charge in [0.25, 0.3) is 0 Å². The van der Waals surface area contributed by atoms with Crippen molar-refractivity contribution in [1.82, 2.24) is 10.5 Å². The second-order valence-electron chi connectivity index (χ2n) is 4.82. The topological polar surface area (TPSA) is 55.1 Å². The number of nitrogens with one attached hydrogen (secondary N) is 1. The van der Waals surface area contributed by atoms with Gasteiger partial charge in [-0.3, -0.25) is 4.79 Å². The molecule has 0 saturated heterocycles. The van der Waals surface area contributed by atoms with Gasteiger partial charge in [-0.15, -0.1) is 0 Å². The Hall–Kier alpha value is -1.69. The summed E-state index contributed by atoms with van der Waals surface area (Å²) in [5, 5.41) is 6.57. The molecule has 0 spiro atoms. The highest BCUT2D eigenvalue weighted by Crippen LogP contribution is 2.16.